The van der Waals surface area contributed by atoms with E-state index in [4.69, 9.17) is 25.8 Å². The van der Waals surface area contributed by atoms with Gasteiger partial charge in [0.2, 0.25) is 0 Å². The van der Waals surface area contributed by atoms with E-state index in [0.717, 1.165) is 5.56 Å². The van der Waals surface area contributed by atoms with Crippen LogP contribution in [0.1, 0.15) is 5.56 Å². The SMILES string of the molecule is ClCCOC1(c2ccccc2)OCCO1. The van der Waals surface area contributed by atoms with Crippen molar-refractivity contribution in [3.8, 4) is 0 Å². The van der Waals surface area contributed by atoms with Crippen molar-refractivity contribution in [2.75, 3.05) is 25.7 Å². The Bertz CT molecular complexity index is 296. The maximum absolute atomic E-state index is 5.59. The van der Waals surface area contributed by atoms with E-state index in [0.29, 0.717) is 25.7 Å². The number of halogens is 1. The lowest BCUT2D eigenvalue weighted by Crippen LogP contribution is -2.31. The van der Waals surface area contributed by atoms with Crippen LogP contribution in [0, 0.1) is 0 Å². The maximum Gasteiger partial charge on any atom is 0.312 e. The van der Waals surface area contributed by atoms with Gasteiger partial charge in [0.15, 0.2) is 0 Å². The molecule has 3 nitrogen and oxygen atoms in total. The van der Waals surface area contributed by atoms with E-state index in [1.165, 1.54) is 0 Å². The van der Waals surface area contributed by atoms with Crippen LogP contribution in [-0.2, 0) is 20.2 Å². The first-order chi connectivity index (χ1) is 7.37. The van der Waals surface area contributed by atoms with Gasteiger partial charge in [-0.2, -0.15) is 0 Å². The summed E-state index contributed by atoms with van der Waals surface area (Å²) in [6.45, 7) is 1.48. The van der Waals surface area contributed by atoms with Crippen molar-refractivity contribution in [1.82, 2.24) is 0 Å². The van der Waals surface area contributed by atoms with Gasteiger partial charge in [-0.25, -0.2) is 0 Å². The van der Waals surface area contributed by atoms with Gasteiger partial charge in [-0.05, 0) is 0 Å². The molecule has 2 rings (SSSR count). The van der Waals surface area contributed by atoms with Crippen molar-refractivity contribution in [1.29, 1.82) is 0 Å². The molecule has 4 heteroatoms. The Labute approximate surface area is 93.9 Å². The van der Waals surface area contributed by atoms with Gasteiger partial charge in [0.05, 0.1) is 19.8 Å². The normalized spacial score (nSPS) is 19.3. The van der Waals surface area contributed by atoms with Crippen LogP contribution in [0.3, 0.4) is 0 Å². The molecule has 0 bridgehead atoms. The summed E-state index contributed by atoms with van der Waals surface area (Å²) in [6, 6.07) is 9.62. The molecule has 1 aromatic carbocycles. The molecule has 0 unspecified atom stereocenters. The Balaban J connectivity index is 2.19. The average Bonchev–Trinajstić information content (AvgIpc) is 2.78. The summed E-state index contributed by atoms with van der Waals surface area (Å²) in [6.07, 6.45) is 0. The Morgan fingerprint density at radius 2 is 1.87 bits per heavy atom. The third kappa shape index (κ3) is 2.32. The minimum atomic E-state index is -1.05. The molecular formula is C11H13ClO3. The van der Waals surface area contributed by atoms with Gasteiger partial charge in [0, 0.05) is 11.4 Å². The third-order valence-corrected chi connectivity index (χ3v) is 2.32. The lowest BCUT2D eigenvalue weighted by atomic mass is 10.2. The molecule has 82 valence electrons. The zero-order valence-corrected chi connectivity index (χ0v) is 9.07. The summed E-state index contributed by atoms with van der Waals surface area (Å²) in [4.78, 5) is 0. The molecule has 1 aromatic rings. The van der Waals surface area contributed by atoms with Crippen LogP contribution in [-0.4, -0.2) is 25.7 Å². The fraction of sp³-hybridized carbons (Fsp3) is 0.455. The number of hydrogen-bond acceptors (Lipinski definition) is 3. The molecule has 0 spiro atoms. The van der Waals surface area contributed by atoms with Crippen LogP contribution in [0.25, 0.3) is 0 Å². The monoisotopic (exact) mass is 228 g/mol. The smallest absolute Gasteiger partial charge is 0.312 e. The molecule has 0 aliphatic carbocycles. The second kappa shape index (κ2) is 4.94. The van der Waals surface area contributed by atoms with Gasteiger partial charge in [-0.1, -0.05) is 30.3 Å². The summed E-state index contributed by atoms with van der Waals surface area (Å²) >= 11 is 5.59. The van der Waals surface area contributed by atoms with Crippen LogP contribution >= 0.6 is 11.6 Å². The molecule has 0 radical (unpaired) electrons. The van der Waals surface area contributed by atoms with Crippen LogP contribution < -0.4 is 0 Å². The van der Waals surface area contributed by atoms with Gasteiger partial charge < -0.3 is 14.2 Å². The predicted octanol–water partition coefficient (Wildman–Crippen LogP) is 2.10. The molecule has 0 N–H and O–H groups in total. The number of benzene rings is 1. The molecule has 15 heavy (non-hydrogen) atoms. The van der Waals surface area contributed by atoms with Crippen molar-refractivity contribution in [3.63, 3.8) is 0 Å². The van der Waals surface area contributed by atoms with Crippen LogP contribution in [0.5, 0.6) is 0 Å². The molecule has 0 aromatic heterocycles. The van der Waals surface area contributed by atoms with Crippen molar-refractivity contribution in [3.05, 3.63) is 35.9 Å². The van der Waals surface area contributed by atoms with Gasteiger partial charge in [0.25, 0.3) is 0 Å². The Kier molecular flexibility index (Phi) is 3.59. The van der Waals surface area contributed by atoms with E-state index in [-0.39, 0.29) is 0 Å². The summed E-state index contributed by atoms with van der Waals surface area (Å²) in [5.74, 6) is -0.628. The number of alkyl halides is 1. The first kappa shape index (κ1) is 10.9. The quantitative estimate of drug-likeness (QED) is 0.739. The largest absolute Gasteiger partial charge is 0.322 e. The van der Waals surface area contributed by atoms with Crippen molar-refractivity contribution in [2.45, 2.75) is 5.97 Å². The predicted molar refractivity (Wildman–Crippen MR) is 56.7 cm³/mol. The van der Waals surface area contributed by atoms with Crippen molar-refractivity contribution < 1.29 is 14.2 Å². The lowest BCUT2D eigenvalue weighted by molar-refractivity contribution is -0.341. The van der Waals surface area contributed by atoms with Crippen LogP contribution in [0.2, 0.25) is 0 Å². The molecular weight excluding hydrogens is 216 g/mol. The molecule has 1 fully saturated rings. The van der Waals surface area contributed by atoms with E-state index in [9.17, 15) is 0 Å². The van der Waals surface area contributed by atoms with Gasteiger partial charge in [0.1, 0.15) is 0 Å². The molecule has 1 aliphatic rings. The fourth-order valence-electron chi connectivity index (χ4n) is 1.54. The highest BCUT2D eigenvalue weighted by Crippen LogP contribution is 2.32. The molecule has 0 amide bonds. The van der Waals surface area contributed by atoms with Gasteiger partial charge in [-0.3, -0.25) is 0 Å². The summed E-state index contributed by atoms with van der Waals surface area (Å²) in [5, 5.41) is 0. The highest BCUT2D eigenvalue weighted by atomic mass is 35.5. The second-order valence-corrected chi connectivity index (χ2v) is 3.53. The van der Waals surface area contributed by atoms with Crippen LogP contribution in [0.4, 0.5) is 0 Å². The minimum Gasteiger partial charge on any atom is -0.322 e. The number of ether oxygens (including phenoxy) is 3. The molecule has 0 atom stereocenters. The van der Waals surface area contributed by atoms with Crippen molar-refractivity contribution in [2.24, 2.45) is 0 Å². The molecule has 0 saturated carbocycles. The first-order valence-electron chi connectivity index (χ1n) is 4.91. The van der Waals surface area contributed by atoms with E-state index in [1.807, 2.05) is 30.3 Å². The fourth-order valence-corrected chi connectivity index (χ4v) is 1.62. The second-order valence-electron chi connectivity index (χ2n) is 3.16. The Hall–Kier alpha value is -0.610. The molecule has 1 saturated heterocycles. The van der Waals surface area contributed by atoms with Crippen LogP contribution in [0.15, 0.2) is 30.3 Å². The van der Waals surface area contributed by atoms with Gasteiger partial charge in [-0.15, -0.1) is 11.6 Å². The summed E-state index contributed by atoms with van der Waals surface area (Å²) in [7, 11) is 0. The molecule has 1 aliphatic heterocycles. The van der Waals surface area contributed by atoms with Crippen molar-refractivity contribution >= 4 is 11.6 Å². The van der Waals surface area contributed by atoms with E-state index in [1.54, 1.807) is 0 Å². The third-order valence-electron chi connectivity index (χ3n) is 2.16. The highest BCUT2D eigenvalue weighted by Gasteiger charge is 2.39. The van der Waals surface area contributed by atoms with E-state index >= 15 is 0 Å². The summed E-state index contributed by atoms with van der Waals surface area (Å²) < 4.78 is 16.6. The number of rotatable bonds is 4. The molecule has 1 heterocycles. The van der Waals surface area contributed by atoms with E-state index in [2.05, 4.69) is 0 Å². The Morgan fingerprint density at radius 3 is 2.47 bits per heavy atom. The number of hydrogen-bond donors (Lipinski definition) is 0. The Morgan fingerprint density at radius 1 is 1.20 bits per heavy atom. The zero-order chi connectivity index (χ0) is 10.6. The zero-order valence-electron chi connectivity index (χ0n) is 8.32. The first-order valence-corrected chi connectivity index (χ1v) is 5.44. The average molecular weight is 229 g/mol. The highest BCUT2D eigenvalue weighted by molar-refractivity contribution is 6.17. The maximum atomic E-state index is 5.59. The van der Waals surface area contributed by atoms with Gasteiger partial charge >= 0.3 is 5.97 Å². The summed E-state index contributed by atoms with van der Waals surface area (Å²) in [5.41, 5.74) is 0.868. The standard InChI is InChI=1S/C11H13ClO3/c12-6-7-13-11(14-8-9-15-11)10-4-2-1-3-5-10/h1-5H,6-9H2. The topological polar surface area (TPSA) is 27.7 Å². The minimum absolute atomic E-state index is 0.399. The van der Waals surface area contributed by atoms with E-state index < -0.39 is 5.97 Å². The lowest BCUT2D eigenvalue weighted by Gasteiger charge is -2.26.